The van der Waals surface area contributed by atoms with Crippen molar-refractivity contribution in [1.29, 1.82) is 0 Å². The SMILES string of the molecule is CCC(C)C(=O)Nc1ccc(-c2c[nH]c3ccc(F)cc23)cc1C. The maximum atomic E-state index is 13.5. The number of aryl methyl sites for hydroxylation is 1. The molecule has 3 aromatic rings. The number of fused-ring (bicyclic) bond motifs is 1. The van der Waals surface area contributed by atoms with Crippen LogP contribution in [0.4, 0.5) is 10.1 Å². The van der Waals surface area contributed by atoms with Crippen molar-refractivity contribution in [2.75, 3.05) is 5.32 Å². The van der Waals surface area contributed by atoms with Gasteiger partial charge in [-0.3, -0.25) is 4.79 Å². The van der Waals surface area contributed by atoms with E-state index < -0.39 is 0 Å². The smallest absolute Gasteiger partial charge is 0.227 e. The summed E-state index contributed by atoms with van der Waals surface area (Å²) in [5.41, 5.74) is 4.64. The van der Waals surface area contributed by atoms with Gasteiger partial charge in [-0.1, -0.05) is 19.9 Å². The van der Waals surface area contributed by atoms with Gasteiger partial charge < -0.3 is 10.3 Å². The molecule has 0 bridgehead atoms. The first-order chi connectivity index (χ1) is 11.5. The van der Waals surface area contributed by atoms with Crippen molar-refractivity contribution < 1.29 is 9.18 Å². The average Bonchev–Trinajstić information content (AvgIpc) is 2.98. The summed E-state index contributed by atoms with van der Waals surface area (Å²) in [5.74, 6) is -0.235. The predicted octanol–water partition coefficient (Wildman–Crippen LogP) is 5.27. The molecule has 2 aromatic carbocycles. The lowest BCUT2D eigenvalue weighted by atomic mass is 10.0. The zero-order valence-electron chi connectivity index (χ0n) is 14.1. The first-order valence-electron chi connectivity index (χ1n) is 8.18. The Balaban J connectivity index is 1.94. The molecule has 1 aromatic heterocycles. The van der Waals surface area contributed by atoms with Crippen LogP contribution in [0.3, 0.4) is 0 Å². The monoisotopic (exact) mass is 324 g/mol. The summed E-state index contributed by atoms with van der Waals surface area (Å²) in [7, 11) is 0. The van der Waals surface area contributed by atoms with Crippen molar-refractivity contribution in [3.05, 3.63) is 54.0 Å². The summed E-state index contributed by atoms with van der Waals surface area (Å²) in [6.45, 7) is 5.88. The second-order valence-corrected chi connectivity index (χ2v) is 6.22. The summed E-state index contributed by atoms with van der Waals surface area (Å²) in [5, 5.41) is 3.83. The summed E-state index contributed by atoms with van der Waals surface area (Å²) < 4.78 is 13.5. The fraction of sp³-hybridized carbons (Fsp3) is 0.250. The number of halogens is 1. The first kappa shape index (κ1) is 16.2. The predicted molar refractivity (Wildman–Crippen MR) is 96.5 cm³/mol. The van der Waals surface area contributed by atoms with Crippen LogP contribution in [-0.2, 0) is 4.79 Å². The summed E-state index contributed by atoms with van der Waals surface area (Å²) in [6, 6.07) is 10.6. The first-order valence-corrected chi connectivity index (χ1v) is 8.18. The van der Waals surface area contributed by atoms with Gasteiger partial charge >= 0.3 is 0 Å². The fourth-order valence-corrected chi connectivity index (χ4v) is 2.74. The third kappa shape index (κ3) is 3.04. The number of anilines is 1. The number of nitrogens with one attached hydrogen (secondary N) is 2. The number of H-pyrrole nitrogens is 1. The number of carbonyl (C=O) groups is 1. The lowest BCUT2D eigenvalue weighted by Gasteiger charge is -2.13. The van der Waals surface area contributed by atoms with Gasteiger partial charge in [0, 0.05) is 34.3 Å². The number of hydrogen-bond acceptors (Lipinski definition) is 1. The Hall–Kier alpha value is -2.62. The molecule has 0 saturated carbocycles. The lowest BCUT2D eigenvalue weighted by molar-refractivity contribution is -0.119. The van der Waals surface area contributed by atoms with Crippen LogP contribution in [-0.4, -0.2) is 10.9 Å². The van der Waals surface area contributed by atoms with E-state index in [1.54, 1.807) is 6.07 Å². The molecule has 3 nitrogen and oxygen atoms in total. The Labute approximate surface area is 140 Å². The molecule has 0 spiro atoms. The highest BCUT2D eigenvalue weighted by Crippen LogP contribution is 2.31. The molecule has 2 N–H and O–H groups in total. The normalized spacial score (nSPS) is 12.3. The minimum Gasteiger partial charge on any atom is -0.361 e. The van der Waals surface area contributed by atoms with E-state index >= 15 is 0 Å². The molecule has 3 rings (SSSR count). The van der Waals surface area contributed by atoms with Gasteiger partial charge in [0.1, 0.15) is 5.82 Å². The van der Waals surface area contributed by atoms with Gasteiger partial charge in [-0.15, -0.1) is 0 Å². The van der Waals surface area contributed by atoms with Crippen LogP contribution in [0.5, 0.6) is 0 Å². The molecule has 0 aliphatic rings. The average molecular weight is 324 g/mol. The zero-order chi connectivity index (χ0) is 17.3. The molecule has 0 fully saturated rings. The molecule has 0 aliphatic carbocycles. The number of aromatic nitrogens is 1. The van der Waals surface area contributed by atoms with E-state index in [-0.39, 0.29) is 17.6 Å². The Morgan fingerprint density at radius 2 is 2.04 bits per heavy atom. The van der Waals surface area contributed by atoms with E-state index in [9.17, 15) is 9.18 Å². The molecule has 24 heavy (non-hydrogen) atoms. The van der Waals surface area contributed by atoms with Crippen LogP contribution in [0.1, 0.15) is 25.8 Å². The molecule has 124 valence electrons. The third-order valence-electron chi connectivity index (χ3n) is 4.50. The minimum absolute atomic E-state index is 0.0133. The Kier molecular flexibility index (Phi) is 4.38. The topological polar surface area (TPSA) is 44.9 Å². The van der Waals surface area contributed by atoms with Gasteiger partial charge in [-0.25, -0.2) is 4.39 Å². The lowest BCUT2D eigenvalue weighted by Crippen LogP contribution is -2.20. The van der Waals surface area contributed by atoms with Gasteiger partial charge in [-0.05, 0) is 54.8 Å². The van der Waals surface area contributed by atoms with Crippen molar-refractivity contribution in [2.24, 2.45) is 5.92 Å². The molecule has 0 radical (unpaired) electrons. The van der Waals surface area contributed by atoms with E-state index in [1.807, 2.05) is 45.2 Å². The van der Waals surface area contributed by atoms with E-state index in [0.29, 0.717) is 0 Å². The number of rotatable bonds is 4. The highest BCUT2D eigenvalue weighted by atomic mass is 19.1. The number of amides is 1. The van der Waals surface area contributed by atoms with Crippen LogP contribution in [0, 0.1) is 18.7 Å². The molecule has 1 atom stereocenters. The molecule has 1 heterocycles. The molecule has 0 saturated heterocycles. The number of benzene rings is 2. The van der Waals surface area contributed by atoms with Crippen LogP contribution in [0.2, 0.25) is 0 Å². The Bertz CT molecular complexity index is 898. The van der Waals surface area contributed by atoms with E-state index in [0.717, 1.165) is 39.7 Å². The van der Waals surface area contributed by atoms with Gasteiger partial charge in [-0.2, -0.15) is 0 Å². The number of hydrogen-bond donors (Lipinski definition) is 2. The van der Waals surface area contributed by atoms with E-state index in [1.165, 1.54) is 12.1 Å². The van der Waals surface area contributed by atoms with E-state index in [2.05, 4.69) is 10.3 Å². The van der Waals surface area contributed by atoms with Gasteiger partial charge in [0.15, 0.2) is 0 Å². The molecule has 1 unspecified atom stereocenters. The Morgan fingerprint density at radius 1 is 1.25 bits per heavy atom. The minimum atomic E-state index is -0.252. The van der Waals surface area contributed by atoms with Crippen LogP contribution >= 0.6 is 0 Å². The van der Waals surface area contributed by atoms with Gasteiger partial charge in [0.2, 0.25) is 5.91 Å². The maximum absolute atomic E-state index is 13.5. The third-order valence-corrected chi connectivity index (χ3v) is 4.50. The molecular formula is C20H21FN2O. The number of carbonyl (C=O) groups excluding carboxylic acids is 1. The van der Waals surface area contributed by atoms with E-state index in [4.69, 9.17) is 0 Å². The van der Waals surface area contributed by atoms with Crippen molar-refractivity contribution >= 4 is 22.5 Å². The van der Waals surface area contributed by atoms with Crippen LogP contribution in [0.25, 0.3) is 22.0 Å². The van der Waals surface area contributed by atoms with Crippen molar-refractivity contribution in [2.45, 2.75) is 27.2 Å². The van der Waals surface area contributed by atoms with Gasteiger partial charge in [0.25, 0.3) is 0 Å². The quantitative estimate of drug-likeness (QED) is 0.675. The summed E-state index contributed by atoms with van der Waals surface area (Å²) >= 11 is 0. The largest absolute Gasteiger partial charge is 0.361 e. The zero-order valence-corrected chi connectivity index (χ0v) is 14.1. The highest BCUT2D eigenvalue weighted by Gasteiger charge is 2.13. The molecule has 0 aliphatic heterocycles. The fourth-order valence-electron chi connectivity index (χ4n) is 2.74. The second kappa shape index (κ2) is 6.48. The highest BCUT2D eigenvalue weighted by molar-refractivity contribution is 5.97. The maximum Gasteiger partial charge on any atom is 0.227 e. The van der Waals surface area contributed by atoms with Crippen molar-refractivity contribution in [3.63, 3.8) is 0 Å². The van der Waals surface area contributed by atoms with Crippen LogP contribution in [0.15, 0.2) is 42.6 Å². The number of aromatic amines is 1. The van der Waals surface area contributed by atoms with Crippen molar-refractivity contribution in [1.82, 2.24) is 4.98 Å². The summed E-state index contributed by atoms with van der Waals surface area (Å²) in [6.07, 6.45) is 2.69. The van der Waals surface area contributed by atoms with Gasteiger partial charge in [0.05, 0.1) is 0 Å². The summed E-state index contributed by atoms with van der Waals surface area (Å²) in [4.78, 5) is 15.2. The molecule has 4 heteroatoms. The van der Waals surface area contributed by atoms with Crippen molar-refractivity contribution in [3.8, 4) is 11.1 Å². The molecule has 1 amide bonds. The second-order valence-electron chi connectivity index (χ2n) is 6.22. The van der Waals surface area contributed by atoms with Crippen LogP contribution < -0.4 is 5.32 Å². The standard InChI is InChI=1S/C20H21FN2O/c1-4-12(2)20(24)23-18-7-5-14(9-13(18)3)17-11-22-19-8-6-15(21)10-16(17)19/h5-12,22H,4H2,1-3H3,(H,23,24). The molecular weight excluding hydrogens is 303 g/mol. The Morgan fingerprint density at radius 3 is 2.75 bits per heavy atom.